The van der Waals surface area contributed by atoms with Crippen molar-refractivity contribution in [3.8, 4) is 5.69 Å². The minimum Gasteiger partial charge on any atom is -0.331 e. The van der Waals surface area contributed by atoms with Crippen molar-refractivity contribution in [2.75, 3.05) is 11.2 Å². The summed E-state index contributed by atoms with van der Waals surface area (Å²) in [5, 5.41) is 7.54. The highest BCUT2D eigenvalue weighted by molar-refractivity contribution is 7.90. The molecular weight excluding hydrogens is 457 g/mol. The Kier molecular flexibility index (Phi) is 6.70. The Hall–Kier alpha value is -3.27. The van der Waals surface area contributed by atoms with Crippen molar-refractivity contribution in [1.82, 2.24) is 20.1 Å². The fourth-order valence-corrected chi connectivity index (χ4v) is 4.90. The van der Waals surface area contributed by atoms with Gasteiger partial charge in [-0.15, -0.1) is 0 Å². The van der Waals surface area contributed by atoms with Crippen molar-refractivity contribution in [3.05, 3.63) is 65.9 Å². The van der Waals surface area contributed by atoms with Crippen molar-refractivity contribution in [1.29, 1.82) is 0 Å². The van der Waals surface area contributed by atoms with Crippen LogP contribution in [0.25, 0.3) is 5.69 Å². The van der Waals surface area contributed by atoms with Crippen LogP contribution in [0, 0.1) is 5.82 Å². The number of rotatable bonds is 6. The zero-order chi connectivity index (χ0) is 24.5. The minimum absolute atomic E-state index is 0.0189. The van der Waals surface area contributed by atoms with E-state index in [1.54, 1.807) is 34.0 Å². The SMILES string of the molecule is CCCC(NC(=O)N1c2cnn(-c3ccc(F)cc3)c2CCC1C)c1ccnc(S(C)(=O)=O)c1. The zero-order valence-electron chi connectivity index (χ0n) is 19.4. The van der Waals surface area contributed by atoms with Crippen molar-refractivity contribution in [2.24, 2.45) is 0 Å². The van der Waals surface area contributed by atoms with Crippen LogP contribution in [0.5, 0.6) is 0 Å². The van der Waals surface area contributed by atoms with E-state index in [0.29, 0.717) is 17.7 Å². The van der Waals surface area contributed by atoms with Crippen LogP contribution in [-0.4, -0.2) is 41.5 Å². The van der Waals surface area contributed by atoms with Gasteiger partial charge in [-0.25, -0.2) is 27.3 Å². The van der Waals surface area contributed by atoms with Crippen LogP contribution in [0.15, 0.2) is 53.8 Å². The molecule has 34 heavy (non-hydrogen) atoms. The lowest BCUT2D eigenvalue weighted by Crippen LogP contribution is -2.48. The van der Waals surface area contributed by atoms with Crippen LogP contribution in [-0.2, 0) is 16.3 Å². The first-order valence-electron chi connectivity index (χ1n) is 11.3. The average molecular weight is 486 g/mol. The van der Waals surface area contributed by atoms with Crippen LogP contribution in [0.4, 0.5) is 14.9 Å². The molecule has 8 nitrogen and oxygen atoms in total. The maximum atomic E-state index is 13.5. The maximum Gasteiger partial charge on any atom is 0.322 e. The second-order valence-corrected chi connectivity index (χ2v) is 10.6. The van der Waals surface area contributed by atoms with E-state index in [0.717, 1.165) is 36.9 Å². The molecule has 3 heterocycles. The van der Waals surface area contributed by atoms with Gasteiger partial charge in [-0.3, -0.25) is 4.90 Å². The lowest BCUT2D eigenvalue weighted by molar-refractivity contribution is 0.239. The maximum absolute atomic E-state index is 13.5. The number of hydrogen-bond acceptors (Lipinski definition) is 5. The molecule has 0 saturated heterocycles. The van der Waals surface area contributed by atoms with Crippen molar-refractivity contribution in [3.63, 3.8) is 0 Å². The summed E-state index contributed by atoms with van der Waals surface area (Å²) in [6.07, 6.45) is 7.15. The van der Waals surface area contributed by atoms with Gasteiger partial charge in [0.05, 0.1) is 29.3 Å². The molecule has 0 aliphatic carbocycles. The molecule has 4 rings (SSSR count). The molecule has 0 saturated carbocycles. The Balaban J connectivity index is 1.63. The Labute approximate surface area is 198 Å². The summed E-state index contributed by atoms with van der Waals surface area (Å²) < 4.78 is 39.0. The summed E-state index contributed by atoms with van der Waals surface area (Å²) in [5.74, 6) is -0.323. The van der Waals surface area contributed by atoms with Gasteiger partial charge in [-0.2, -0.15) is 5.10 Å². The van der Waals surface area contributed by atoms with E-state index >= 15 is 0 Å². The molecule has 3 aromatic rings. The number of pyridine rings is 1. The Morgan fingerprint density at radius 2 is 2.00 bits per heavy atom. The molecule has 2 amide bonds. The number of sulfone groups is 1. The molecular formula is C24H28FN5O3S. The molecule has 1 aliphatic rings. The van der Waals surface area contributed by atoms with E-state index in [1.165, 1.54) is 24.4 Å². The molecule has 0 spiro atoms. The van der Waals surface area contributed by atoms with Crippen LogP contribution in [0.1, 0.15) is 50.4 Å². The molecule has 1 aromatic carbocycles. The van der Waals surface area contributed by atoms with Crippen LogP contribution in [0.2, 0.25) is 0 Å². The van der Waals surface area contributed by atoms with E-state index in [-0.39, 0.29) is 29.0 Å². The normalized spacial score (nSPS) is 16.7. The van der Waals surface area contributed by atoms with Gasteiger partial charge in [-0.1, -0.05) is 13.3 Å². The van der Waals surface area contributed by atoms with E-state index in [9.17, 15) is 17.6 Å². The zero-order valence-corrected chi connectivity index (χ0v) is 20.2. The topological polar surface area (TPSA) is 97.2 Å². The van der Waals surface area contributed by atoms with Gasteiger partial charge < -0.3 is 5.32 Å². The Bertz CT molecular complexity index is 1290. The standard InChI is InChI=1S/C24H28FN5O3S/c1-4-5-20(17-12-13-26-23(14-17)34(3,32)33)28-24(31)29-16(2)6-11-21-22(29)15-27-30(21)19-9-7-18(25)8-10-19/h7-10,12-16,20H,4-6,11H2,1-3H3,(H,28,31). The highest BCUT2D eigenvalue weighted by Crippen LogP contribution is 2.33. The van der Waals surface area contributed by atoms with E-state index < -0.39 is 9.84 Å². The second-order valence-electron chi connectivity index (χ2n) is 8.61. The molecule has 2 unspecified atom stereocenters. The molecule has 0 radical (unpaired) electrons. The first-order valence-corrected chi connectivity index (χ1v) is 13.2. The fraction of sp³-hybridized carbons (Fsp3) is 0.375. The quantitative estimate of drug-likeness (QED) is 0.564. The second kappa shape index (κ2) is 9.54. The molecule has 0 fully saturated rings. The predicted molar refractivity (Wildman–Crippen MR) is 127 cm³/mol. The van der Waals surface area contributed by atoms with Crippen molar-refractivity contribution >= 4 is 21.6 Å². The molecule has 1 aliphatic heterocycles. The number of benzene rings is 1. The van der Waals surface area contributed by atoms with Crippen LogP contribution >= 0.6 is 0 Å². The Morgan fingerprint density at radius 1 is 1.26 bits per heavy atom. The van der Waals surface area contributed by atoms with Gasteiger partial charge in [0.25, 0.3) is 0 Å². The van der Waals surface area contributed by atoms with Gasteiger partial charge >= 0.3 is 6.03 Å². The average Bonchev–Trinajstić information content (AvgIpc) is 3.22. The highest BCUT2D eigenvalue weighted by atomic mass is 32.2. The van der Waals surface area contributed by atoms with Crippen molar-refractivity contribution in [2.45, 2.75) is 56.6 Å². The smallest absolute Gasteiger partial charge is 0.322 e. The summed E-state index contributed by atoms with van der Waals surface area (Å²) in [6, 6.07) is 8.64. The first kappa shape index (κ1) is 23.9. The van der Waals surface area contributed by atoms with Crippen LogP contribution < -0.4 is 10.2 Å². The predicted octanol–water partition coefficient (Wildman–Crippen LogP) is 4.20. The Morgan fingerprint density at radius 3 is 2.68 bits per heavy atom. The number of amides is 2. The van der Waals surface area contributed by atoms with Gasteiger partial charge in [0, 0.05) is 18.5 Å². The minimum atomic E-state index is -3.47. The summed E-state index contributed by atoms with van der Waals surface area (Å²) >= 11 is 0. The number of anilines is 1. The van der Waals surface area contributed by atoms with Gasteiger partial charge in [0.1, 0.15) is 5.82 Å². The summed E-state index contributed by atoms with van der Waals surface area (Å²) in [7, 11) is -3.47. The molecule has 180 valence electrons. The number of aromatic nitrogens is 3. The number of nitrogens with one attached hydrogen (secondary N) is 1. The number of urea groups is 1. The summed E-state index contributed by atoms with van der Waals surface area (Å²) in [4.78, 5) is 19.2. The third-order valence-electron chi connectivity index (χ3n) is 6.05. The lowest BCUT2D eigenvalue weighted by Gasteiger charge is -2.34. The van der Waals surface area contributed by atoms with E-state index in [4.69, 9.17) is 0 Å². The number of halogens is 1. The van der Waals surface area contributed by atoms with Gasteiger partial charge in [-0.05, 0) is 68.1 Å². The fourth-order valence-electron chi connectivity index (χ4n) is 4.30. The van der Waals surface area contributed by atoms with Crippen molar-refractivity contribution < 1.29 is 17.6 Å². The summed E-state index contributed by atoms with van der Waals surface area (Å²) in [5.41, 5.74) is 3.02. The third kappa shape index (κ3) is 4.82. The molecule has 0 bridgehead atoms. The third-order valence-corrected chi connectivity index (χ3v) is 7.04. The van der Waals surface area contributed by atoms with Crippen LogP contribution in [0.3, 0.4) is 0 Å². The van der Waals surface area contributed by atoms with Gasteiger partial charge in [0.2, 0.25) is 0 Å². The highest BCUT2D eigenvalue weighted by Gasteiger charge is 2.32. The first-order chi connectivity index (χ1) is 16.2. The molecule has 2 aromatic heterocycles. The number of nitrogens with zero attached hydrogens (tertiary/aromatic N) is 4. The van der Waals surface area contributed by atoms with E-state index in [1.807, 2.05) is 13.8 Å². The number of fused-ring (bicyclic) bond motifs is 1. The van der Waals surface area contributed by atoms with Gasteiger partial charge in [0.15, 0.2) is 14.9 Å². The molecule has 1 N–H and O–H groups in total. The number of carbonyl (C=O) groups excluding carboxylic acids is 1. The number of carbonyl (C=O) groups is 1. The largest absolute Gasteiger partial charge is 0.331 e. The van der Waals surface area contributed by atoms with E-state index in [2.05, 4.69) is 15.4 Å². The summed E-state index contributed by atoms with van der Waals surface area (Å²) in [6.45, 7) is 3.99. The molecule has 10 heteroatoms. The lowest BCUT2D eigenvalue weighted by atomic mass is 10.0. The monoisotopic (exact) mass is 485 g/mol. The number of hydrogen-bond donors (Lipinski definition) is 1. The molecule has 2 atom stereocenters.